The first kappa shape index (κ1) is 14.6. The van der Waals surface area contributed by atoms with Gasteiger partial charge in [0, 0.05) is 24.0 Å². The lowest BCUT2D eigenvalue weighted by atomic mass is 9.98. The predicted molar refractivity (Wildman–Crippen MR) is 81.8 cm³/mol. The van der Waals surface area contributed by atoms with E-state index in [9.17, 15) is 4.79 Å². The molecule has 0 atom stereocenters. The molecule has 1 aromatic carbocycles. The quantitative estimate of drug-likeness (QED) is 0.756. The minimum atomic E-state index is 0.250. The van der Waals surface area contributed by atoms with E-state index in [2.05, 4.69) is 28.1 Å². The fourth-order valence-electron chi connectivity index (χ4n) is 2.83. The Hall–Kier alpha value is -0.830. The fourth-order valence-corrected chi connectivity index (χ4v) is 3.27. The van der Waals surface area contributed by atoms with Gasteiger partial charge >= 0.3 is 0 Å². The Labute approximate surface area is 124 Å². The summed E-state index contributed by atoms with van der Waals surface area (Å²) in [5, 5.41) is 0. The average Bonchev–Trinajstić information content (AvgIpc) is 2.66. The largest absolute Gasteiger partial charge is 0.341 e. The summed E-state index contributed by atoms with van der Waals surface area (Å²) in [5.41, 5.74) is 1.18. The second-order valence-corrected chi connectivity index (χ2v) is 6.43. The standard InChI is InChI=1S/C16H22BrNO/c1-18(12-13-7-6-10-15(17)11-13)16(19)14-8-4-2-3-5-9-14/h6-7,10-11,14H,2-5,8-9,12H2,1H3. The molecule has 1 fully saturated rings. The van der Waals surface area contributed by atoms with Crippen LogP contribution in [0, 0.1) is 5.92 Å². The van der Waals surface area contributed by atoms with E-state index in [0.717, 1.165) is 17.3 Å². The van der Waals surface area contributed by atoms with Gasteiger partial charge in [0.1, 0.15) is 0 Å². The van der Waals surface area contributed by atoms with Gasteiger partial charge in [-0.15, -0.1) is 0 Å². The van der Waals surface area contributed by atoms with E-state index >= 15 is 0 Å². The molecule has 2 nitrogen and oxygen atoms in total. The highest BCUT2D eigenvalue weighted by Crippen LogP contribution is 2.25. The minimum Gasteiger partial charge on any atom is -0.341 e. The van der Waals surface area contributed by atoms with E-state index in [0.29, 0.717) is 12.5 Å². The van der Waals surface area contributed by atoms with Gasteiger partial charge in [0.2, 0.25) is 5.91 Å². The molecule has 104 valence electrons. The number of carbonyl (C=O) groups excluding carboxylic acids is 1. The molecule has 2 rings (SSSR count). The normalized spacial score (nSPS) is 16.9. The molecule has 1 amide bonds. The van der Waals surface area contributed by atoms with Crippen molar-refractivity contribution in [3.05, 3.63) is 34.3 Å². The van der Waals surface area contributed by atoms with E-state index in [-0.39, 0.29) is 5.92 Å². The van der Waals surface area contributed by atoms with Gasteiger partial charge in [-0.2, -0.15) is 0 Å². The van der Waals surface area contributed by atoms with Crippen LogP contribution in [-0.4, -0.2) is 17.9 Å². The van der Waals surface area contributed by atoms with Gasteiger partial charge in [0.25, 0.3) is 0 Å². The smallest absolute Gasteiger partial charge is 0.225 e. The molecule has 0 aromatic heterocycles. The van der Waals surface area contributed by atoms with E-state index in [1.807, 2.05) is 24.1 Å². The molecule has 3 heteroatoms. The molecule has 0 radical (unpaired) electrons. The Morgan fingerprint density at radius 2 is 1.95 bits per heavy atom. The first-order chi connectivity index (χ1) is 9.16. The molecule has 1 aliphatic carbocycles. The van der Waals surface area contributed by atoms with Crippen LogP contribution in [0.5, 0.6) is 0 Å². The Kier molecular flexibility index (Phi) is 5.44. The molecule has 0 spiro atoms. The number of benzene rings is 1. The van der Waals surface area contributed by atoms with Crippen LogP contribution in [0.2, 0.25) is 0 Å². The lowest BCUT2D eigenvalue weighted by Crippen LogP contribution is -2.32. The molecule has 19 heavy (non-hydrogen) atoms. The third-order valence-corrected chi connectivity index (χ3v) is 4.38. The SMILES string of the molecule is CN(Cc1cccc(Br)c1)C(=O)C1CCCCCC1. The van der Waals surface area contributed by atoms with E-state index in [4.69, 9.17) is 0 Å². The van der Waals surface area contributed by atoms with Gasteiger partial charge in [0.15, 0.2) is 0 Å². The highest BCUT2D eigenvalue weighted by atomic mass is 79.9. The van der Waals surface area contributed by atoms with Crippen molar-refractivity contribution in [2.75, 3.05) is 7.05 Å². The topological polar surface area (TPSA) is 20.3 Å². The van der Waals surface area contributed by atoms with Crippen LogP contribution in [0.1, 0.15) is 44.1 Å². The second kappa shape index (κ2) is 7.09. The van der Waals surface area contributed by atoms with Crippen LogP contribution < -0.4 is 0 Å². The van der Waals surface area contributed by atoms with Gasteiger partial charge in [-0.05, 0) is 30.5 Å². The molecule has 1 saturated carbocycles. The molecular formula is C16H22BrNO. The second-order valence-electron chi connectivity index (χ2n) is 5.51. The summed E-state index contributed by atoms with van der Waals surface area (Å²) in [6.45, 7) is 0.703. The first-order valence-electron chi connectivity index (χ1n) is 7.16. The molecule has 0 aliphatic heterocycles. The van der Waals surface area contributed by atoms with Crippen LogP contribution >= 0.6 is 15.9 Å². The number of nitrogens with zero attached hydrogens (tertiary/aromatic N) is 1. The minimum absolute atomic E-state index is 0.250. The highest BCUT2D eigenvalue weighted by molar-refractivity contribution is 9.10. The molecular weight excluding hydrogens is 302 g/mol. The van der Waals surface area contributed by atoms with Crippen LogP contribution in [0.4, 0.5) is 0 Å². The van der Waals surface area contributed by atoms with Crippen LogP contribution in [-0.2, 0) is 11.3 Å². The first-order valence-corrected chi connectivity index (χ1v) is 7.95. The van der Waals surface area contributed by atoms with Crippen molar-refractivity contribution in [2.45, 2.75) is 45.1 Å². The van der Waals surface area contributed by atoms with E-state index in [1.54, 1.807) is 0 Å². The van der Waals surface area contributed by atoms with Crippen molar-refractivity contribution < 1.29 is 4.79 Å². The maximum Gasteiger partial charge on any atom is 0.225 e. The summed E-state index contributed by atoms with van der Waals surface area (Å²) in [5.74, 6) is 0.571. The maximum atomic E-state index is 12.5. The predicted octanol–water partition coefficient (Wildman–Crippen LogP) is 4.38. The number of amides is 1. The lowest BCUT2D eigenvalue weighted by Gasteiger charge is -2.23. The molecule has 0 heterocycles. The maximum absolute atomic E-state index is 12.5. The summed E-state index contributed by atoms with van der Waals surface area (Å²) in [7, 11) is 1.92. The number of rotatable bonds is 3. The van der Waals surface area contributed by atoms with Crippen molar-refractivity contribution in [3.8, 4) is 0 Å². The summed E-state index contributed by atoms with van der Waals surface area (Å²) in [6.07, 6.45) is 7.14. The van der Waals surface area contributed by atoms with Gasteiger partial charge in [-0.1, -0.05) is 53.7 Å². The van der Waals surface area contributed by atoms with E-state index < -0.39 is 0 Å². The molecule has 0 N–H and O–H groups in total. The molecule has 0 unspecified atom stereocenters. The van der Waals surface area contributed by atoms with Gasteiger partial charge < -0.3 is 4.90 Å². The van der Waals surface area contributed by atoms with Crippen molar-refractivity contribution in [3.63, 3.8) is 0 Å². The lowest BCUT2D eigenvalue weighted by molar-refractivity contribution is -0.135. The van der Waals surface area contributed by atoms with Gasteiger partial charge in [-0.25, -0.2) is 0 Å². The van der Waals surface area contributed by atoms with Crippen LogP contribution in [0.3, 0.4) is 0 Å². The zero-order valence-corrected chi connectivity index (χ0v) is 13.2. The third kappa shape index (κ3) is 4.34. The van der Waals surface area contributed by atoms with Crippen LogP contribution in [0.25, 0.3) is 0 Å². The molecule has 1 aromatic rings. The van der Waals surface area contributed by atoms with Crippen molar-refractivity contribution >= 4 is 21.8 Å². The van der Waals surface area contributed by atoms with Gasteiger partial charge in [0.05, 0.1) is 0 Å². The van der Waals surface area contributed by atoms with Crippen LogP contribution in [0.15, 0.2) is 28.7 Å². The molecule has 0 bridgehead atoms. The summed E-state index contributed by atoms with van der Waals surface area (Å²) in [4.78, 5) is 14.3. The Morgan fingerprint density at radius 3 is 2.58 bits per heavy atom. The zero-order valence-electron chi connectivity index (χ0n) is 11.6. The fraction of sp³-hybridized carbons (Fsp3) is 0.562. The average molecular weight is 324 g/mol. The van der Waals surface area contributed by atoms with Gasteiger partial charge in [-0.3, -0.25) is 4.79 Å². The third-order valence-electron chi connectivity index (χ3n) is 3.89. The van der Waals surface area contributed by atoms with Crippen molar-refractivity contribution in [2.24, 2.45) is 5.92 Å². The van der Waals surface area contributed by atoms with Crippen molar-refractivity contribution in [1.82, 2.24) is 4.90 Å². The molecule has 0 saturated heterocycles. The molecule has 1 aliphatic rings. The Balaban J connectivity index is 1.94. The van der Waals surface area contributed by atoms with E-state index in [1.165, 1.54) is 31.2 Å². The number of carbonyl (C=O) groups is 1. The number of hydrogen-bond acceptors (Lipinski definition) is 1. The summed E-state index contributed by atoms with van der Waals surface area (Å²) < 4.78 is 1.07. The number of halogens is 1. The number of hydrogen-bond donors (Lipinski definition) is 0. The summed E-state index contributed by atoms with van der Waals surface area (Å²) in [6, 6.07) is 8.18. The Morgan fingerprint density at radius 1 is 1.26 bits per heavy atom. The zero-order chi connectivity index (χ0) is 13.7. The highest BCUT2D eigenvalue weighted by Gasteiger charge is 2.23. The van der Waals surface area contributed by atoms with Crippen molar-refractivity contribution in [1.29, 1.82) is 0 Å². The summed E-state index contributed by atoms with van der Waals surface area (Å²) >= 11 is 3.47. The Bertz CT molecular complexity index is 425. The monoisotopic (exact) mass is 323 g/mol.